The zero-order chi connectivity index (χ0) is 19.4. The second kappa shape index (κ2) is 5.95. The Morgan fingerprint density at radius 1 is 1.04 bits per heavy atom. The Labute approximate surface area is 154 Å². The number of hydrogen-bond acceptors (Lipinski definition) is 3. The molecule has 1 aliphatic rings. The monoisotopic (exact) mass is 392 g/mol. The van der Waals surface area contributed by atoms with Crippen LogP contribution in [-0.2, 0) is 22.8 Å². The van der Waals surface area contributed by atoms with E-state index in [2.05, 4.69) is 5.10 Å². The van der Waals surface area contributed by atoms with Crippen molar-refractivity contribution in [3.05, 3.63) is 59.7 Å². The second-order valence-electron chi connectivity index (χ2n) is 6.47. The van der Waals surface area contributed by atoms with Crippen LogP contribution in [0, 0.1) is 6.92 Å². The lowest BCUT2D eigenvalue weighted by molar-refractivity contribution is -0.0435. The van der Waals surface area contributed by atoms with Gasteiger partial charge in [-0.3, -0.25) is 4.68 Å². The molecule has 27 heavy (non-hydrogen) atoms. The van der Waals surface area contributed by atoms with Crippen molar-refractivity contribution in [3.63, 3.8) is 0 Å². The summed E-state index contributed by atoms with van der Waals surface area (Å²) in [6, 6.07) is 13.5. The molecule has 2 heterocycles. The van der Waals surface area contributed by atoms with E-state index in [1.165, 1.54) is 4.68 Å². The Kier molecular flexibility index (Phi) is 3.92. The number of hydrogen-bond donors (Lipinski definition) is 0. The van der Waals surface area contributed by atoms with Crippen molar-refractivity contribution in [2.24, 2.45) is 0 Å². The van der Waals surface area contributed by atoms with Crippen molar-refractivity contribution < 1.29 is 21.6 Å². The first-order chi connectivity index (χ1) is 12.7. The first-order valence-electron chi connectivity index (χ1n) is 8.27. The molecule has 0 saturated heterocycles. The summed E-state index contributed by atoms with van der Waals surface area (Å²) in [7, 11) is -5.59. The van der Waals surface area contributed by atoms with E-state index in [0.717, 1.165) is 11.1 Å². The number of sulfone groups is 1. The molecule has 4 rings (SSSR count). The van der Waals surface area contributed by atoms with Gasteiger partial charge in [-0.15, -0.1) is 0 Å². The topological polar surface area (TPSA) is 52.0 Å². The quantitative estimate of drug-likeness (QED) is 0.651. The van der Waals surface area contributed by atoms with Crippen LogP contribution < -0.4 is 0 Å². The molecule has 0 N–H and O–H groups in total. The lowest BCUT2D eigenvalue weighted by Crippen LogP contribution is -2.24. The Morgan fingerprint density at radius 2 is 1.70 bits per heavy atom. The van der Waals surface area contributed by atoms with Gasteiger partial charge in [0.2, 0.25) is 0 Å². The van der Waals surface area contributed by atoms with Crippen molar-refractivity contribution in [2.45, 2.75) is 30.3 Å². The number of alkyl halides is 3. The van der Waals surface area contributed by atoms with E-state index in [-0.39, 0.29) is 11.4 Å². The predicted octanol–water partition coefficient (Wildman–Crippen LogP) is 4.38. The van der Waals surface area contributed by atoms with Crippen molar-refractivity contribution in [3.8, 4) is 22.5 Å². The van der Waals surface area contributed by atoms with Crippen LogP contribution in [0.3, 0.4) is 0 Å². The van der Waals surface area contributed by atoms with Gasteiger partial charge in [0.1, 0.15) is 10.6 Å². The van der Waals surface area contributed by atoms with Gasteiger partial charge < -0.3 is 0 Å². The van der Waals surface area contributed by atoms with Gasteiger partial charge in [0.05, 0.1) is 5.69 Å². The molecular formula is C19H15F3N2O2S. The molecule has 2 aromatic carbocycles. The summed E-state index contributed by atoms with van der Waals surface area (Å²) >= 11 is 0. The summed E-state index contributed by atoms with van der Waals surface area (Å²) < 4.78 is 66.8. The fourth-order valence-corrected chi connectivity index (χ4v) is 4.45. The zero-order valence-electron chi connectivity index (χ0n) is 14.3. The van der Waals surface area contributed by atoms with Gasteiger partial charge in [-0.05, 0) is 18.9 Å². The number of halogens is 3. The molecule has 3 aromatic rings. The van der Waals surface area contributed by atoms with Gasteiger partial charge in [-0.25, -0.2) is 8.42 Å². The summed E-state index contributed by atoms with van der Waals surface area (Å²) in [5, 5.41) is 4.27. The molecular weight excluding hydrogens is 377 g/mol. The Hall–Kier alpha value is -2.61. The van der Waals surface area contributed by atoms with E-state index in [9.17, 15) is 21.6 Å². The largest absolute Gasteiger partial charge is 0.502 e. The number of fused-ring (bicyclic) bond motifs is 3. The predicted molar refractivity (Wildman–Crippen MR) is 94.8 cm³/mol. The van der Waals surface area contributed by atoms with Crippen LogP contribution in [0.2, 0.25) is 0 Å². The fourth-order valence-electron chi connectivity index (χ4n) is 3.33. The number of rotatable bonds is 2. The van der Waals surface area contributed by atoms with E-state index >= 15 is 0 Å². The normalized spacial score (nSPS) is 13.9. The third-order valence-corrected chi connectivity index (χ3v) is 6.21. The van der Waals surface area contributed by atoms with Crippen molar-refractivity contribution in [1.82, 2.24) is 9.78 Å². The van der Waals surface area contributed by atoms with Crippen LogP contribution in [0.1, 0.15) is 11.1 Å². The zero-order valence-corrected chi connectivity index (χ0v) is 15.1. The molecule has 8 heteroatoms. The minimum Gasteiger partial charge on any atom is -0.263 e. The van der Waals surface area contributed by atoms with Gasteiger partial charge in [-0.1, -0.05) is 54.1 Å². The van der Waals surface area contributed by atoms with E-state index < -0.39 is 20.2 Å². The van der Waals surface area contributed by atoms with Gasteiger partial charge in [0, 0.05) is 17.7 Å². The van der Waals surface area contributed by atoms with Crippen LogP contribution in [0.15, 0.2) is 53.4 Å². The molecule has 0 unspecified atom stereocenters. The van der Waals surface area contributed by atoms with E-state index in [0.29, 0.717) is 24.1 Å². The van der Waals surface area contributed by atoms with Gasteiger partial charge in [-0.2, -0.15) is 18.3 Å². The average molecular weight is 392 g/mol. The third-order valence-electron chi connectivity index (χ3n) is 4.67. The van der Waals surface area contributed by atoms with E-state index in [1.54, 1.807) is 48.5 Å². The smallest absolute Gasteiger partial charge is 0.263 e. The van der Waals surface area contributed by atoms with Crippen molar-refractivity contribution in [1.29, 1.82) is 0 Å². The molecule has 0 aliphatic carbocycles. The number of aryl methyl sites for hydroxylation is 3. The first kappa shape index (κ1) is 17.8. The van der Waals surface area contributed by atoms with Crippen LogP contribution in [0.4, 0.5) is 13.2 Å². The highest BCUT2D eigenvalue weighted by Gasteiger charge is 2.51. The summed E-state index contributed by atoms with van der Waals surface area (Å²) in [5.41, 5.74) is -3.06. The van der Waals surface area contributed by atoms with Crippen LogP contribution in [-0.4, -0.2) is 23.7 Å². The SMILES string of the molecule is Cc1ccc(-c2nn3c(c2S(=O)(=O)C(F)(F)F)-c2ccccc2CC3)cc1. The summed E-state index contributed by atoms with van der Waals surface area (Å²) in [5.74, 6) is 0. The number of benzene rings is 2. The first-order valence-corrected chi connectivity index (χ1v) is 9.76. The average Bonchev–Trinajstić information content (AvgIpc) is 3.02. The molecule has 0 fully saturated rings. The number of nitrogens with zero attached hydrogens (tertiary/aromatic N) is 2. The summed E-state index contributed by atoms with van der Waals surface area (Å²) in [6.07, 6.45) is 0.573. The lowest BCUT2D eigenvalue weighted by Gasteiger charge is -2.19. The van der Waals surface area contributed by atoms with Crippen LogP contribution in [0.5, 0.6) is 0 Å². The fraction of sp³-hybridized carbons (Fsp3) is 0.211. The maximum Gasteiger partial charge on any atom is 0.502 e. The molecule has 1 aromatic heterocycles. The number of aromatic nitrogens is 2. The standard InChI is InChI=1S/C19H15F3N2O2S/c1-12-6-8-14(9-7-12)16-18(27(25,26)19(20,21)22)17-15-5-3-2-4-13(15)10-11-24(17)23-16/h2-9H,10-11H2,1H3. The minimum absolute atomic E-state index is 0.00440. The minimum atomic E-state index is -5.59. The molecule has 0 amide bonds. The third kappa shape index (κ3) is 2.75. The Balaban J connectivity index is 2.09. The lowest BCUT2D eigenvalue weighted by atomic mass is 9.98. The molecule has 0 saturated carbocycles. The molecule has 0 spiro atoms. The van der Waals surface area contributed by atoms with Crippen LogP contribution in [0.25, 0.3) is 22.5 Å². The highest BCUT2D eigenvalue weighted by atomic mass is 32.2. The highest BCUT2D eigenvalue weighted by Crippen LogP contribution is 2.44. The summed E-state index contributed by atoms with van der Waals surface area (Å²) in [4.78, 5) is -0.772. The molecule has 0 radical (unpaired) electrons. The molecule has 0 atom stereocenters. The Bertz CT molecular complexity index is 1130. The Morgan fingerprint density at radius 3 is 2.37 bits per heavy atom. The van der Waals surface area contributed by atoms with E-state index in [4.69, 9.17) is 0 Å². The van der Waals surface area contributed by atoms with Gasteiger partial charge >= 0.3 is 5.51 Å². The maximum absolute atomic E-state index is 13.5. The maximum atomic E-state index is 13.5. The molecule has 4 nitrogen and oxygen atoms in total. The van der Waals surface area contributed by atoms with Crippen LogP contribution >= 0.6 is 0 Å². The molecule has 140 valence electrons. The molecule has 1 aliphatic heterocycles. The van der Waals surface area contributed by atoms with Gasteiger partial charge in [0.25, 0.3) is 9.84 Å². The van der Waals surface area contributed by atoms with E-state index in [1.807, 2.05) is 6.92 Å². The molecule has 0 bridgehead atoms. The van der Waals surface area contributed by atoms with Gasteiger partial charge in [0.15, 0.2) is 0 Å². The van der Waals surface area contributed by atoms with Crippen molar-refractivity contribution in [2.75, 3.05) is 0 Å². The highest BCUT2D eigenvalue weighted by molar-refractivity contribution is 7.92. The summed E-state index contributed by atoms with van der Waals surface area (Å²) in [6.45, 7) is 2.16. The second-order valence-corrected chi connectivity index (χ2v) is 8.35. The van der Waals surface area contributed by atoms with Crippen molar-refractivity contribution >= 4 is 9.84 Å².